The third-order valence-electron chi connectivity index (χ3n) is 3.07. The van der Waals surface area contributed by atoms with Gasteiger partial charge in [-0.15, -0.1) is 0 Å². The van der Waals surface area contributed by atoms with E-state index in [2.05, 4.69) is 5.32 Å². The number of hydrogen-bond donors (Lipinski definition) is 2. The van der Waals surface area contributed by atoms with Gasteiger partial charge in [0.1, 0.15) is 11.9 Å². The van der Waals surface area contributed by atoms with E-state index in [1.165, 1.54) is 0 Å². The zero-order chi connectivity index (χ0) is 13.7. The van der Waals surface area contributed by atoms with Crippen molar-refractivity contribution in [1.29, 1.82) is 0 Å². The molecule has 1 fully saturated rings. The maximum absolute atomic E-state index is 11.5. The third-order valence-corrected chi connectivity index (χ3v) is 3.07. The van der Waals surface area contributed by atoms with Gasteiger partial charge in [0.15, 0.2) is 0 Å². The van der Waals surface area contributed by atoms with Gasteiger partial charge in [0, 0.05) is 19.0 Å². The highest BCUT2D eigenvalue weighted by Crippen LogP contribution is 2.18. The highest BCUT2D eigenvalue weighted by atomic mass is 16.5. The van der Waals surface area contributed by atoms with Crippen LogP contribution < -0.4 is 10.1 Å². The molecule has 2 rings (SSSR count). The van der Waals surface area contributed by atoms with Gasteiger partial charge in [-0.05, 0) is 31.2 Å². The number of ether oxygens (including phenoxy) is 2. The molecule has 1 aromatic carbocycles. The van der Waals surface area contributed by atoms with E-state index in [4.69, 9.17) is 14.6 Å². The second-order valence-corrected chi connectivity index (χ2v) is 4.51. The second-order valence-electron chi connectivity index (χ2n) is 4.51. The van der Waals surface area contributed by atoms with E-state index in [0.29, 0.717) is 12.2 Å². The topological polar surface area (TPSA) is 67.8 Å². The van der Waals surface area contributed by atoms with Crippen LogP contribution >= 0.6 is 0 Å². The molecule has 2 N–H and O–H groups in total. The Hall–Kier alpha value is -1.59. The molecule has 0 aromatic heterocycles. The summed E-state index contributed by atoms with van der Waals surface area (Å²) in [5.41, 5.74) is 0.520. The lowest BCUT2D eigenvalue weighted by Gasteiger charge is -2.13. The summed E-state index contributed by atoms with van der Waals surface area (Å²) in [5, 5.41) is 12.2. The van der Waals surface area contributed by atoms with Gasteiger partial charge in [0.25, 0.3) is 0 Å². The van der Waals surface area contributed by atoms with Gasteiger partial charge in [-0.3, -0.25) is 0 Å². The van der Waals surface area contributed by atoms with E-state index >= 15 is 0 Å². The van der Waals surface area contributed by atoms with E-state index < -0.39 is 0 Å². The Bertz CT molecular complexity index is 418. The van der Waals surface area contributed by atoms with Crippen molar-refractivity contribution in [3.8, 4) is 5.75 Å². The Labute approximate surface area is 112 Å². The summed E-state index contributed by atoms with van der Waals surface area (Å²) >= 11 is 0. The van der Waals surface area contributed by atoms with Crippen LogP contribution in [0, 0.1) is 0 Å². The zero-order valence-electron chi connectivity index (χ0n) is 11.0. The van der Waals surface area contributed by atoms with E-state index in [1.54, 1.807) is 31.2 Å². The lowest BCUT2D eigenvalue weighted by molar-refractivity contribution is 0.0526. The van der Waals surface area contributed by atoms with Crippen LogP contribution in [0.25, 0.3) is 0 Å². The lowest BCUT2D eigenvalue weighted by atomic mass is 10.2. The predicted molar refractivity (Wildman–Crippen MR) is 70.3 cm³/mol. The molecule has 0 unspecified atom stereocenters. The number of carbonyl (C=O) groups excluding carboxylic acids is 1. The van der Waals surface area contributed by atoms with Gasteiger partial charge in [0.05, 0.1) is 18.8 Å². The molecule has 0 saturated carbocycles. The molecule has 0 bridgehead atoms. The number of esters is 1. The van der Waals surface area contributed by atoms with Crippen molar-refractivity contribution >= 4 is 5.97 Å². The number of rotatable bonds is 5. The number of hydrogen-bond acceptors (Lipinski definition) is 5. The summed E-state index contributed by atoms with van der Waals surface area (Å²) in [6, 6.07) is 7.03. The average molecular weight is 265 g/mol. The van der Waals surface area contributed by atoms with Crippen molar-refractivity contribution in [2.45, 2.75) is 25.5 Å². The number of carbonyl (C=O) groups is 1. The first-order valence-electron chi connectivity index (χ1n) is 6.51. The fourth-order valence-electron chi connectivity index (χ4n) is 2.09. The SMILES string of the molecule is CCOC(=O)c1ccc(O[C@H]2CN[C@H](CO)C2)cc1. The fourth-order valence-corrected chi connectivity index (χ4v) is 2.09. The molecule has 1 aliphatic heterocycles. The minimum absolute atomic E-state index is 0.0607. The minimum Gasteiger partial charge on any atom is -0.489 e. The summed E-state index contributed by atoms with van der Waals surface area (Å²) in [4.78, 5) is 11.5. The minimum atomic E-state index is -0.322. The molecule has 1 aromatic rings. The zero-order valence-corrected chi connectivity index (χ0v) is 11.0. The van der Waals surface area contributed by atoms with Gasteiger partial charge in [-0.1, -0.05) is 0 Å². The highest BCUT2D eigenvalue weighted by Gasteiger charge is 2.24. The average Bonchev–Trinajstić information content (AvgIpc) is 2.87. The molecule has 0 amide bonds. The summed E-state index contributed by atoms with van der Waals surface area (Å²) in [6.45, 7) is 3.00. The Kier molecular flexibility index (Phi) is 4.76. The summed E-state index contributed by atoms with van der Waals surface area (Å²) in [6.07, 6.45) is 0.849. The Balaban J connectivity index is 1.90. The maximum Gasteiger partial charge on any atom is 0.338 e. The van der Waals surface area contributed by atoms with Crippen molar-refractivity contribution in [2.24, 2.45) is 0 Å². The molecule has 0 aliphatic carbocycles. The molecule has 5 nitrogen and oxygen atoms in total. The predicted octanol–water partition coefficient (Wildman–Crippen LogP) is 0.965. The molecule has 2 atom stereocenters. The van der Waals surface area contributed by atoms with E-state index in [1.807, 2.05) is 0 Å². The molecule has 0 spiro atoms. The number of aliphatic hydroxyl groups is 1. The van der Waals surface area contributed by atoms with Crippen molar-refractivity contribution < 1.29 is 19.4 Å². The van der Waals surface area contributed by atoms with E-state index in [0.717, 1.165) is 18.7 Å². The molecule has 0 radical (unpaired) electrons. The molecular weight excluding hydrogens is 246 g/mol. The monoisotopic (exact) mass is 265 g/mol. The van der Waals surface area contributed by atoms with Gasteiger partial charge < -0.3 is 19.9 Å². The Morgan fingerprint density at radius 2 is 2.16 bits per heavy atom. The number of nitrogens with one attached hydrogen (secondary N) is 1. The van der Waals surface area contributed by atoms with Gasteiger partial charge in [-0.25, -0.2) is 4.79 Å². The first-order chi connectivity index (χ1) is 9.22. The van der Waals surface area contributed by atoms with E-state index in [9.17, 15) is 4.79 Å². The first-order valence-corrected chi connectivity index (χ1v) is 6.51. The van der Waals surface area contributed by atoms with Gasteiger partial charge >= 0.3 is 5.97 Å². The molecule has 1 saturated heterocycles. The van der Waals surface area contributed by atoms with E-state index in [-0.39, 0.29) is 24.7 Å². The van der Waals surface area contributed by atoms with Crippen LogP contribution in [0.2, 0.25) is 0 Å². The summed E-state index contributed by atoms with van der Waals surface area (Å²) < 4.78 is 10.7. The maximum atomic E-state index is 11.5. The molecule has 5 heteroatoms. The fraction of sp³-hybridized carbons (Fsp3) is 0.500. The van der Waals surface area contributed by atoms with Crippen LogP contribution in [0.4, 0.5) is 0 Å². The summed E-state index contributed by atoms with van der Waals surface area (Å²) in [7, 11) is 0. The first kappa shape index (κ1) is 13.8. The third kappa shape index (κ3) is 3.68. The largest absolute Gasteiger partial charge is 0.489 e. The van der Waals surface area contributed by atoms with Crippen LogP contribution in [0.1, 0.15) is 23.7 Å². The van der Waals surface area contributed by atoms with Crippen molar-refractivity contribution in [2.75, 3.05) is 19.8 Å². The molecule has 19 heavy (non-hydrogen) atoms. The van der Waals surface area contributed by atoms with Crippen LogP contribution in [0.3, 0.4) is 0 Å². The lowest BCUT2D eigenvalue weighted by Crippen LogP contribution is -2.25. The highest BCUT2D eigenvalue weighted by molar-refractivity contribution is 5.89. The molecule has 104 valence electrons. The van der Waals surface area contributed by atoms with Crippen LogP contribution in [0.5, 0.6) is 5.75 Å². The molecule has 1 heterocycles. The van der Waals surface area contributed by atoms with Crippen molar-refractivity contribution in [3.05, 3.63) is 29.8 Å². The van der Waals surface area contributed by atoms with Crippen LogP contribution in [0.15, 0.2) is 24.3 Å². The number of benzene rings is 1. The second kappa shape index (κ2) is 6.54. The van der Waals surface area contributed by atoms with Gasteiger partial charge in [0.2, 0.25) is 0 Å². The molecule has 1 aliphatic rings. The molecular formula is C14H19NO4. The summed E-state index contributed by atoms with van der Waals surface area (Å²) in [5.74, 6) is 0.398. The van der Waals surface area contributed by atoms with Crippen molar-refractivity contribution in [1.82, 2.24) is 5.32 Å². The standard InChI is InChI=1S/C14H19NO4/c1-2-18-14(17)10-3-5-12(6-4-10)19-13-7-11(9-16)15-8-13/h3-6,11,13,15-16H,2,7-9H2,1H3/t11-,13+/m0/s1. The quantitative estimate of drug-likeness (QED) is 0.776. The van der Waals surface area contributed by atoms with Crippen LogP contribution in [-0.2, 0) is 4.74 Å². The van der Waals surface area contributed by atoms with Gasteiger partial charge in [-0.2, -0.15) is 0 Å². The smallest absolute Gasteiger partial charge is 0.338 e. The Morgan fingerprint density at radius 3 is 2.74 bits per heavy atom. The normalized spacial score (nSPS) is 22.2. The van der Waals surface area contributed by atoms with Crippen molar-refractivity contribution in [3.63, 3.8) is 0 Å². The number of aliphatic hydroxyl groups excluding tert-OH is 1. The Morgan fingerprint density at radius 1 is 1.42 bits per heavy atom. The van der Waals surface area contributed by atoms with Crippen LogP contribution in [-0.4, -0.2) is 43.0 Å².